The number of hydrogen-bond donors (Lipinski definition) is 2. The number of carbonyl (C=O) groups is 1. The molecule has 1 aliphatic rings. The van der Waals surface area contributed by atoms with Gasteiger partial charge >= 0.3 is 5.97 Å². The molecule has 0 fully saturated rings. The van der Waals surface area contributed by atoms with Gasteiger partial charge < -0.3 is 5.11 Å². The summed E-state index contributed by atoms with van der Waals surface area (Å²) >= 11 is 0. The molecule has 2 rings (SSSR count). The number of primary sulfonamides is 1. The van der Waals surface area contributed by atoms with E-state index in [0.717, 1.165) is 24.1 Å². The summed E-state index contributed by atoms with van der Waals surface area (Å²) in [6.07, 6.45) is 0.792. The van der Waals surface area contributed by atoms with Crippen LogP contribution in [0.5, 0.6) is 0 Å². The predicted octanol–water partition coefficient (Wildman–Crippen LogP) is 0.0314. The number of carboxylic acids is 1. The maximum Gasteiger partial charge on any atom is 0.335 e. The smallest absolute Gasteiger partial charge is 0.335 e. The Morgan fingerprint density at radius 2 is 2.11 bits per heavy atom. The molecule has 0 amide bonds. The van der Waals surface area contributed by atoms with Gasteiger partial charge in [0.15, 0.2) is 0 Å². The zero-order valence-corrected chi connectivity index (χ0v) is 11.2. The molecule has 3 N–H and O–H groups in total. The lowest BCUT2D eigenvalue weighted by molar-refractivity contribution is 0.0696. The molecule has 1 aromatic carbocycles. The van der Waals surface area contributed by atoms with Crippen LogP contribution in [-0.2, 0) is 23.0 Å². The number of sulfonamides is 1. The van der Waals surface area contributed by atoms with Gasteiger partial charge in [-0.05, 0) is 29.7 Å². The van der Waals surface area contributed by atoms with Gasteiger partial charge in [0.1, 0.15) is 0 Å². The molecule has 1 aromatic rings. The number of hydrogen-bond acceptors (Lipinski definition) is 4. The molecule has 0 atom stereocenters. The first-order valence-corrected chi connectivity index (χ1v) is 7.64. The van der Waals surface area contributed by atoms with E-state index in [9.17, 15) is 13.2 Å². The Labute approximate surface area is 111 Å². The van der Waals surface area contributed by atoms with Crippen molar-refractivity contribution in [2.75, 3.05) is 18.8 Å². The Bertz CT molecular complexity index is 598. The first-order valence-electron chi connectivity index (χ1n) is 5.93. The molecule has 0 spiro atoms. The van der Waals surface area contributed by atoms with Crippen molar-refractivity contribution in [3.05, 3.63) is 34.9 Å². The minimum atomic E-state index is -3.46. The molecule has 19 heavy (non-hydrogen) atoms. The highest BCUT2D eigenvalue weighted by Gasteiger charge is 2.18. The van der Waals surface area contributed by atoms with Gasteiger partial charge in [-0.2, -0.15) is 0 Å². The van der Waals surface area contributed by atoms with Crippen molar-refractivity contribution in [1.82, 2.24) is 4.90 Å². The van der Waals surface area contributed by atoms with Crippen LogP contribution in [-0.4, -0.2) is 43.2 Å². The maximum atomic E-state index is 10.9. The normalized spacial score (nSPS) is 16.1. The van der Waals surface area contributed by atoms with Crippen LogP contribution in [0.25, 0.3) is 0 Å². The molecule has 0 aromatic heterocycles. The fraction of sp³-hybridized carbons (Fsp3) is 0.417. The van der Waals surface area contributed by atoms with Crippen LogP contribution in [0.15, 0.2) is 18.2 Å². The van der Waals surface area contributed by atoms with Gasteiger partial charge in [0.25, 0.3) is 0 Å². The molecule has 6 nitrogen and oxygen atoms in total. The van der Waals surface area contributed by atoms with E-state index in [1.165, 1.54) is 0 Å². The molecule has 7 heteroatoms. The number of benzene rings is 1. The van der Waals surface area contributed by atoms with Crippen molar-refractivity contribution < 1.29 is 18.3 Å². The van der Waals surface area contributed by atoms with E-state index >= 15 is 0 Å². The van der Waals surface area contributed by atoms with Crippen molar-refractivity contribution in [2.24, 2.45) is 5.14 Å². The van der Waals surface area contributed by atoms with E-state index in [2.05, 4.69) is 0 Å². The second-order valence-electron chi connectivity index (χ2n) is 4.68. The summed E-state index contributed by atoms with van der Waals surface area (Å²) in [5.74, 6) is -1.04. The number of nitrogens with zero attached hydrogens (tertiary/aromatic N) is 1. The summed E-state index contributed by atoms with van der Waals surface area (Å²) in [7, 11) is -3.46. The molecule has 0 bridgehead atoms. The lowest BCUT2D eigenvalue weighted by Crippen LogP contribution is -2.35. The second kappa shape index (κ2) is 5.28. The van der Waals surface area contributed by atoms with Crippen LogP contribution in [0.4, 0.5) is 0 Å². The molecule has 0 radical (unpaired) electrons. The predicted molar refractivity (Wildman–Crippen MR) is 70.4 cm³/mol. The standard InChI is InChI=1S/C12H16N2O4S/c13-19(17,18)6-5-14-4-3-9-1-2-10(12(15)16)7-11(9)8-14/h1-2,7H,3-6,8H2,(H,15,16)(H2,13,17,18). The van der Waals surface area contributed by atoms with Gasteiger partial charge in [0, 0.05) is 19.6 Å². The first-order chi connectivity index (χ1) is 8.85. The fourth-order valence-corrected chi connectivity index (χ4v) is 2.71. The molecule has 1 aliphatic heterocycles. The molecule has 0 saturated heterocycles. The van der Waals surface area contributed by atoms with Crippen molar-refractivity contribution in [3.8, 4) is 0 Å². The number of nitrogens with two attached hydrogens (primary N) is 1. The Hall–Kier alpha value is -1.44. The Kier molecular flexibility index (Phi) is 3.88. The van der Waals surface area contributed by atoms with Gasteiger partial charge in [-0.3, -0.25) is 4.90 Å². The van der Waals surface area contributed by atoms with E-state index in [1.807, 2.05) is 11.0 Å². The average molecular weight is 284 g/mol. The summed E-state index contributed by atoms with van der Waals surface area (Å²) in [5.41, 5.74) is 2.32. The molecule has 1 heterocycles. The minimum absolute atomic E-state index is 0.0824. The van der Waals surface area contributed by atoms with Crippen LogP contribution in [0.2, 0.25) is 0 Å². The minimum Gasteiger partial charge on any atom is -0.478 e. The molecule has 0 aliphatic carbocycles. The summed E-state index contributed by atoms with van der Waals surface area (Å²) in [6, 6.07) is 5.08. The van der Waals surface area contributed by atoms with Crippen LogP contribution in [0.3, 0.4) is 0 Å². The van der Waals surface area contributed by atoms with E-state index in [4.69, 9.17) is 10.2 Å². The molecule has 0 unspecified atom stereocenters. The fourth-order valence-electron chi connectivity index (χ4n) is 2.20. The largest absolute Gasteiger partial charge is 0.478 e. The van der Waals surface area contributed by atoms with Crippen LogP contribution >= 0.6 is 0 Å². The van der Waals surface area contributed by atoms with Crippen molar-refractivity contribution in [1.29, 1.82) is 0 Å². The molecular formula is C12H16N2O4S. The lowest BCUT2D eigenvalue weighted by atomic mass is 9.97. The maximum absolute atomic E-state index is 10.9. The molecule has 0 saturated carbocycles. The van der Waals surface area contributed by atoms with E-state index in [1.54, 1.807) is 12.1 Å². The Morgan fingerprint density at radius 1 is 1.37 bits per heavy atom. The zero-order valence-electron chi connectivity index (χ0n) is 10.4. The van der Waals surface area contributed by atoms with E-state index < -0.39 is 16.0 Å². The topological polar surface area (TPSA) is 101 Å². The van der Waals surface area contributed by atoms with Crippen molar-refractivity contribution in [3.63, 3.8) is 0 Å². The van der Waals surface area contributed by atoms with Gasteiger partial charge in [0.05, 0.1) is 11.3 Å². The molecular weight excluding hydrogens is 268 g/mol. The van der Waals surface area contributed by atoms with Crippen LogP contribution in [0.1, 0.15) is 21.5 Å². The second-order valence-corrected chi connectivity index (χ2v) is 6.42. The van der Waals surface area contributed by atoms with Crippen LogP contribution in [0, 0.1) is 0 Å². The third-order valence-electron chi connectivity index (χ3n) is 3.24. The van der Waals surface area contributed by atoms with Gasteiger partial charge in [-0.25, -0.2) is 18.4 Å². The number of carboxylic acid groups (broad SMARTS) is 1. The summed E-state index contributed by atoms with van der Waals surface area (Å²) < 4.78 is 21.9. The SMILES string of the molecule is NS(=O)(=O)CCN1CCc2ccc(C(=O)O)cc2C1. The number of aromatic carboxylic acids is 1. The third kappa shape index (κ3) is 3.76. The summed E-state index contributed by atoms with van der Waals surface area (Å²) in [4.78, 5) is 12.9. The van der Waals surface area contributed by atoms with Gasteiger partial charge in [-0.1, -0.05) is 6.07 Å². The Morgan fingerprint density at radius 3 is 2.74 bits per heavy atom. The monoisotopic (exact) mass is 284 g/mol. The van der Waals surface area contributed by atoms with Crippen molar-refractivity contribution in [2.45, 2.75) is 13.0 Å². The van der Waals surface area contributed by atoms with Crippen molar-refractivity contribution >= 4 is 16.0 Å². The number of fused-ring (bicyclic) bond motifs is 1. The first kappa shape index (κ1) is 14.0. The zero-order chi connectivity index (χ0) is 14.0. The van der Waals surface area contributed by atoms with Gasteiger partial charge in [0.2, 0.25) is 10.0 Å². The van der Waals surface area contributed by atoms with Crippen LogP contribution < -0.4 is 5.14 Å². The highest BCUT2D eigenvalue weighted by Crippen LogP contribution is 2.20. The average Bonchev–Trinajstić information content (AvgIpc) is 2.34. The lowest BCUT2D eigenvalue weighted by Gasteiger charge is -2.28. The quantitative estimate of drug-likeness (QED) is 0.812. The van der Waals surface area contributed by atoms with Gasteiger partial charge in [-0.15, -0.1) is 0 Å². The van der Waals surface area contributed by atoms with E-state index in [0.29, 0.717) is 13.1 Å². The highest BCUT2D eigenvalue weighted by molar-refractivity contribution is 7.89. The third-order valence-corrected chi connectivity index (χ3v) is 3.99. The molecule has 104 valence electrons. The van der Waals surface area contributed by atoms with E-state index in [-0.39, 0.29) is 11.3 Å². The summed E-state index contributed by atoms with van der Waals surface area (Å²) in [6.45, 7) is 1.69. The summed E-state index contributed by atoms with van der Waals surface area (Å²) in [5, 5.41) is 13.9. The highest BCUT2D eigenvalue weighted by atomic mass is 32.2. The number of rotatable bonds is 4. The Balaban J connectivity index is 2.09.